The molecule has 0 fully saturated rings. The highest BCUT2D eigenvalue weighted by molar-refractivity contribution is 14.0. The van der Waals surface area contributed by atoms with Crippen LogP contribution in [-0.4, -0.2) is 31.6 Å². The zero-order chi connectivity index (χ0) is 17.4. The first-order valence-electron chi connectivity index (χ1n) is 8.14. The van der Waals surface area contributed by atoms with Gasteiger partial charge in [-0.25, -0.2) is 4.98 Å². The van der Waals surface area contributed by atoms with Gasteiger partial charge in [-0.15, -0.1) is 35.3 Å². The minimum Gasteiger partial charge on any atom is -0.497 e. The van der Waals surface area contributed by atoms with Gasteiger partial charge in [-0.05, 0) is 17.7 Å². The van der Waals surface area contributed by atoms with Crippen LogP contribution in [0.4, 0.5) is 0 Å². The van der Waals surface area contributed by atoms with E-state index in [-0.39, 0.29) is 24.0 Å². The first-order valence-corrected chi connectivity index (χ1v) is 9.02. The molecule has 0 saturated heterocycles. The molecule has 1 heterocycles. The van der Waals surface area contributed by atoms with Gasteiger partial charge in [0.05, 0.1) is 17.8 Å². The summed E-state index contributed by atoms with van der Waals surface area (Å²) >= 11 is 1.74. The van der Waals surface area contributed by atoms with Gasteiger partial charge in [-0.1, -0.05) is 26.0 Å². The molecule has 138 valence electrons. The number of halogens is 1. The van der Waals surface area contributed by atoms with Gasteiger partial charge in [0.2, 0.25) is 0 Å². The minimum absolute atomic E-state index is 0. The summed E-state index contributed by atoms with van der Waals surface area (Å²) in [4.78, 5) is 8.90. The summed E-state index contributed by atoms with van der Waals surface area (Å²) in [6, 6.07) is 8.01. The predicted octanol–water partition coefficient (Wildman–Crippen LogP) is 3.80. The Hall–Kier alpha value is -1.35. The van der Waals surface area contributed by atoms with Gasteiger partial charge >= 0.3 is 0 Å². The van der Waals surface area contributed by atoms with Crippen LogP contribution < -0.4 is 15.4 Å². The maximum absolute atomic E-state index is 5.17. The van der Waals surface area contributed by atoms with Gasteiger partial charge in [-0.2, -0.15) is 0 Å². The number of aromatic nitrogens is 1. The fourth-order valence-corrected chi connectivity index (χ4v) is 3.03. The van der Waals surface area contributed by atoms with E-state index in [9.17, 15) is 0 Å². The molecule has 0 aliphatic heterocycles. The van der Waals surface area contributed by atoms with Crippen molar-refractivity contribution >= 4 is 41.3 Å². The van der Waals surface area contributed by atoms with E-state index in [0.29, 0.717) is 5.92 Å². The van der Waals surface area contributed by atoms with Gasteiger partial charge < -0.3 is 15.4 Å². The van der Waals surface area contributed by atoms with Crippen molar-refractivity contribution in [3.8, 4) is 5.75 Å². The monoisotopic (exact) mass is 474 g/mol. The topological polar surface area (TPSA) is 58.5 Å². The second-order valence-electron chi connectivity index (χ2n) is 5.78. The van der Waals surface area contributed by atoms with Crippen molar-refractivity contribution < 1.29 is 4.74 Å². The zero-order valence-corrected chi connectivity index (χ0v) is 18.4. The van der Waals surface area contributed by atoms with E-state index in [0.717, 1.165) is 36.9 Å². The highest BCUT2D eigenvalue weighted by Gasteiger charge is 2.06. The predicted molar refractivity (Wildman–Crippen MR) is 117 cm³/mol. The molecular formula is C18H27IN4OS. The second kappa shape index (κ2) is 11.3. The van der Waals surface area contributed by atoms with Crippen molar-refractivity contribution in [1.29, 1.82) is 0 Å². The Kier molecular flexibility index (Phi) is 9.81. The third-order valence-corrected chi connectivity index (χ3v) is 4.77. The smallest absolute Gasteiger partial charge is 0.191 e. The number of aliphatic imine (C=N–C) groups is 1. The summed E-state index contributed by atoms with van der Waals surface area (Å²) in [5.41, 5.74) is 2.32. The summed E-state index contributed by atoms with van der Waals surface area (Å²) < 4.78 is 5.17. The Labute approximate surface area is 171 Å². The van der Waals surface area contributed by atoms with E-state index in [1.165, 1.54) is 10.6 Å². The van der Waals surface area contributed by atoms with Crippen molar-refractivity contribution in [3.63, 3.8) is 0 Å². The molecule has 0 spiro atoms. The Bertz CT molecular complexity index is 655. The SMILES string of the molecule is CN=C(NCCc1csc(C(C)C)n1)NCc1ccc(OC)cc1.I. The van der Waals surface area contributed by atoms with Gasteiger partial charge in [0, 0.05) is 37.9 Å². The maximum atomic E-state index is 5.17. The Morgan fingerprint density at radius 3 is 2.52 bits per heavy atom. The highest BCUT2D eigenvalue weighted by Crippen LogP contribution is 2.19. The highest BCUT2D eigenvalue weighted by atomic mass is 127. The van der Waals surface area contributed by atoms with Crippen LogP contribution in [0.25, 0.3) is 0 Å². The number of hydrogen-bond donors (Lipinski definition) is 2. The summed E-state index contributed by atoms with van der Waals surface area (Å²) in [6.07, 6.45) is 0.895. The fourth-order valence-electron chi connectivity index (χ4n) is 2.16. The van der Waals surface area contributed by atoms with Crippen LogP contribution in [-0.2, 0) is 13.0 Å². The molecule has 0 aliphatic rings. The molecule has 1 aromatic heterocycles. The van der Waals surface area contributed by atoms with Gasteiger partial charge in [0.1, 0.15) is 5.75 Å². The molecule has 0 aliphatic carbocycles. The van der Waals surface area contributed by atoms with E-state index >= 15 is 0 Å². The average molecular weight is 474 g/mol. The summed E-state index contributed by atoms with van der Waals surface area (Å²) in [7, 11) is 3.45. The number of nitrogens with one attached hydrogen (secondary N) is 2. The van der Waals surface area contributed by atoms with Crippen molar-refractivity contribution in [2.24, 2.45) is 4.99 Å². The first-order chi connectivity index (χ1) is 11.6. The normalized spacial score (nSPS) is 11.2. The fraction of sp³-hybridized carbons (Fsp3) is 0.444. The number of hydrogen-bond acceptors (Lipinski definition) is 4. The van der Waals surface area contributed by atoms with Gasteiger partial charge in [-0.3, -0.25) is 4.99 Å². The standard InChI is InChI=1S/C18H26N4OS.HI/c1-13(2)17-22-15(12-24-17)9-10-20-18(19-3)21-11-14-5-7-16(23-4)8-6-14;/h5-8,12-13H,9-11H2,1-4H3,(H2,19,20,21);1H. The first kappa shape index (κ1) is 21.7. The molecule has 0 radical (unpaired) electrons. The van der Waals surface area contributed by atoms with E-state index in [1.807, 2.05) is 24.3 Å². The lowest BCUT2D eigenvalue weighted by atomic mass is 10.2. The molecule has 2 N–H and O–H groups in total. The molecule has 0 saturated carbocycles. The molecule has 5 nitrogen and oxygen atoms in total. The molecular weight excluding hydrogens is 447 g/mol. The van der Waals surface area contributed by atoms with E-state index in [4.69, 9.17) is 4.74 Å². The number of rotatable bonds is 7. The van der Waals surface area contributed by atoms with Crippen LogP contribution in [0.2, 0.25) is 0 Å². The lowest BCUT2D eigenvalue weighted by Gasteiger charge is -2.11. The van der Waals surface area contributed by atoms with E-state index < -0.39 is 0 Å². The van der Waals surface area contributed by atoms with Crippen molar-refractivity contribution in [3.05, 3.63) is 45.9 Å². The van der Waals surface area contributed by atoms with Crippen LogP contribution in [0.1, 0.15) is 36.0 Å². The van der Waals surface area contributed by atoms with Crippen molar-refractivity contribution in [1.82, 2.24) is 15.6 Å². The molecule has 2 rings (SSSR count). The molecule has 1 aromatic carbocycles. The minimum atomic E-state index is 0. The number of thiazole rings is 1. The van der Waals surface area contributed by atoms with Crippen LogP contribution in [0, 0.1) is 0 Å². The summed E-state index contributed by atoms with van der Waals surface area (Å²) in [5, 5.41) is 9.99. The number of nitrogens with zero attached hydrogens (tertiary/aromatic N) is 2. The number of methoxy groups -OCH3 is 1. The molecule has 0 amide bonds. The molecule has 25 heavy (non-hydrogen) atoms. The van der Waals surface area contributed by atoms with E-state index in [1.54, 1.807) is 25.5 Å². The van der Waals surface area contributed by atoms with Crippen LogP contribution in [0.15, 0.2) is 34.6 Å². The number of ether oxygens (including phenoxy) is 1. The Morgan fingerprint density at radius 1 is 1.24 bits per heavy atom. The van der Waals surface area contributed by atoms with Crippen molar-refractivity contribution in [2.75, 3.05) is 20.7 Å². The van der Waals surface area contributed by atoms with Crippen LogP contribution >= 0.6 is 35.3 Å². The average Bonchev–Trinajstić information content (AvgIpc) is 3.07. The molecule has 0 bridgehead atoms. The molecule has 2 aromatic rings. The summed E-state index contributed by atoms with van der Waals surface area (Å²) in [6.45, 7) is 5.87. The quantitative estimate of drug-likeness (QED) is 0.364. The Morgan fingerprint density at radius 2 is 1.96 bits per heavy atom. The van der Waals surface area contributed by atoms with Gasteiger partial charge in [0.25, 0.3) is 0 Å². The van der Waals surface area contributed by atoms with Crippen LogP contribution in [0.5, 0.6) is 5.75 Å². The Balaban J connectivity index is 0.00000312. The molecule has 0 unspecified atom stereocenters. The van der Waals surface area contributed by atoms with Crippen LogP contribution in [0.3, 0.4) is 0 Å². The van der Waals surface area contributed by atoms with Crippen molar-refractivity contribution in [2.45, 2.75) is 32.7 Å². The molecule has 0 atom stereocenters. The van der Waals surface area contributed by atoms with E-state index in [2.05, 4.69) is 39.8 Å². The maximum Gasteiger partial charge on any atom is 0.191 e. The lowest BCUT2D eigenvalue weighted by Crippen LogP contribution is -2.37. The zero-order valence-electron chi connectivity index (χ0n) is 15.2. The third kappa shape index (κ3) is 7.19. The summed E-state index contributed by atoms with van der Waals surface area (Å²) in [5.74, 6) is 2.16. The number of guanidine groups is 1. The lowest BCUT2D eigenvalue weighted by molar-refractivity contribution is 0.414. The third-order valence-electron chi connectivity index (χ3n) is 3.58. The largest absolute Gasteiger partial charge is 0.497 e. The van der Waals surface area contributed by atoms with Gasteiger partial charge in [0.15, 0.2) is 5.96 Å². The second-order valence-corrected chi connectivity index (χ2v) is 6.67. The molecule has 7 heteroatoms. The number of benzene rings is 1.